The highest BCUT2D eigenvalue weighted by atomic mass is 35.5. The van der Waals surface area contributed by atoms with E-state index in [1.165, 1.54) is 0 Å². The van der Waals surface area contributed by atoms with Crippen molar-refractivity contribution in [2.75, 3.05) is 0 Å². The summed E-state index contributed by atoms with van der Waals surface area (Å²) in [5.74, 6) is 0. The molecule has 0 atom stereocenters. The van der Waals surface area contributed by atoms with Crippen molar-refractivity contribution in [3.05, 3.63) is 53.1 Å². The maximum atomic E-state index is 12.0. The Kier molecular flexibility index (Phi) is 4.29. The molecule has 0 aliphatic heterocycles. The van der Waals surface area contributed by atoms with Crippen molar-refractivity contribution in [3.63, 3.8) is 0 Å². The van der Waals surface area contributed by atoms with Crippen LogP contribution in [0.25, 0.3) is 0 Å². The molecule has 1 aromatic heterocycles. The molecule has 0 bridgehead atoms. The first kappa shape index (κ1) is 14.4. The lowest BCUT2D eigenvalue weighted by Gasteiger charge is -2.06. The average molecular weight is 309 g/mol. The normalized spacial score (nSPS) is 11.0. The van der Waals surface area contributed by atoms with Gasteiger partial charge in [0.25, 0.3) is 0 Å². The van der Waals surface area contributed by atoms with Gasteiger partial charge in [-0.25, -0.2) is 23.1 Å². The minimum Gasteiger partial charge on any atom is -0.225 e. The van der Waals surface area contributed by atoms with Crippen LogP contribution in [0.4, 0.5) is 0 Å². The van der Waals surface area contributed by atoms with E-state index < -0.39 is 10.0 Å². The van der Waals surface area contributed by atoms with Crippen molar-refractivity contribution in [1.29, 1.82) is 5.26 Å². The first-order valence-corrected chi connectivity index (χ1v) is 7.33. The molecule has 1 heterocycles. The van der Waals surface area contributed by atoms with Gasteiger partial charge in [-0.05, 0) is 29.3 Å². The molecule has 1 aromatic carbocycles. The molecule has 0 radical (unpaired) electrons. The van der Waals surface area contributed by atoms with Crippen LogP contribution in [0.15, 0.2) is 41.6 Å². The second kappa shape index (κ2) is 5.96. The van der Waals surface area contributed by atoms with Crippen LogP contribution in [0.5, 0.6) is 0 Å². The smallest absolute Gasteiger partial charge is 0.225 e. The van der Waals surface area contributed by atoms with E-state index in [0.717, 1.165) is 12.4 Å². The molecule has 8 heteroatoms. The molecule has 0 aliphatic rings. The van der Waals surface area contributed by atoms with Crippen LogP contribution in [-0.4, -0.2) is 18.4 Å². The van der Waals surface area contributed by atoms with Crippen LogP contribution in [-0.2, 0) is 16.6 Å². The third kappa shape index (κ3) is 3.51. The average Bonchev–Trinajstić information content (AvgIpc) is 2.46. The molecule has 2 rings (SSSR count). The van der Waals surface area contributed by atoms with Gasteiger partial charge in [-0.2, -0.15) is 5.26 Å². The Morgan fingerprint density at radius 3 is 2.65 bits per heavy atom. The number of halogens is 1. The van der Waals surface area contributed by atoms with Gasteiger partial charge < -0.3 is 0 Å². The van der Waals surface area contributed by atoms with Gasteiger partial charge in [0.05, 0.1) is 24.0 Å². The van der Waals surface area contributed by atoms with Gasteiger partial charge in [0.1, 0.15) is 4.90 Å². The van der Waals surface area contributed by atoms with Crippen LogP contribution in [0.2, 0.25) is 5.28 Å². The lowest BCUT2D eigenvalue weighted by molar-refractivity contribution is 0.580. The summed E-state index contributed by atoms with van der Waals surface area (Å²) < 4.78 is 26.3. The Balaban J connectivity index is 2.13. The zero-order chi connectivity index (χ0) is 14.6. The molecule has 2 aromatic rings. The van der Waals surface area contributed by atoms with Gasteiger partial charge in [-0.1, -0.05) is 12.1 Å². The lowest BCUT2D eigenvalue weighted by Crippen LogP contribution is -2.23. The molecule has 0 saturated carbocycles. The number of sulfonamides is 1. The predicted octanol–water partition coefficient (Wildman–Crippen LogP) is 1.48. The van der Waals surface area contributed by atoms with Gasteiger partial charge in [0.15, 0.2) is 0 Å². The topological polar surface area (TPSA) is 95.7 Å². The fraction of sp³-hybridized carbons (Fsp3) is 0.0833. The molecule has 0 spiro atoms. The summed E-state index contributed by atoms with van der Waals surface area (Å²) in [6.45, 7) is 0.0699. The minimum atomic E-state index is -3.71. The van der Waals surface area contributed by atoms with Gasteiger partial charge >= 0.3 is 0 Å². The summed E-state index contributed by atoms with van der Waals surface area (Å²) in [5.41, 5.74) is 1.15. The molecule has 1 N–H and O–H groups in total. The van der Waals surface area contributed by atoms with Gasteiger partial charge in [-0.15, -0.1) is 0 Å². The molecule has 0 aliphatic carbocycles. The van der Waals surface area contributed by atoms with Gasteiger partial charge in [0.2, 0.25) is 15.3 Å². The van der Waals surface area contributed by atoms with Crippen molar-refractivity contribution in [2.45, 2.75) is 11.4 Å². The van der Waals surface area contributed by atoms with Crippen molar-refractivity contribution >= 4 is 21.6 Å². The van der Waals surface area contributed by atoms with E-state index in [2.05, 4.69) is 14.7 Å². The zero-order valence-electron chi connectivity index (χ0n) is 10.1. The number of rotatable bonds is 4. The summed E-state index contributed by atoms with van der Waals surface area (Å²) in [6, 6.07) is 8.66. The summed E-state index contributed by atoms with van der Waals surface area (Å²) in [7, 11) is -3.71. The van der Waals surface area contributed by atoms with E-state index >= 15 is 0 Å². The Hall–Kier alpha value is -2.01. The van der Waals surface area contributed by atoms with E-state index in [1.54, 1.807) is 24.3 Å². The fourth-order valence-corrected chi connectivity index (χ4v) is 2.46. The summed E-state index contributed by atoms with van der Waals surface area (Å²) >= 11 is 5.50. The summed E-state index contributed by atoms with van der Waals surface area (Å²) in [4.78, 5) is 7.17. The predicted molar refractivity (Wildman–Crippen MR) is 72.2 cm³/mol. The molecule has 6 nitrogen and oxygen atoms in total. The Morgan fingerprint density at radius 1 is 1.30 bits per heavy atom. The fourth-order valence-electron chi connectivity index (χ4n) is 1.45. The Labute approximate surface area is 121 Å². The Bertz CT molecular complexity index is 754. The number of hydrogen-bond donors (Lipinski definition) is 1. The molecular formula is C12H9ClN4O2S. The van der Waals surface area contributed by atoms with E-state index in [9.17, 15) is 8.42 Å². The highest BCUT2D eigenvalue weighted by molar-refractivity contribution is 7.89. The SMILES string of the molecule is N#Cc1cccc(CNS(=O)(=O)c2cnc(Cl)nc2)c1. The number of aromatic nitrogens is 2. The van der Waals surface area contributed by atoms with Crippen LogP contribution >= 0.6 is 11.6 Å². The summed E-state index contributed by atoms with van der Waals surface area (Å²) in [6.07, 6.45) is 2.26. The first-order chi connectivity index (χ1) is 9.51. The van der Waals surface area contributed by atoms with Crippen LogP contribution in [0, 0.1) is 11.3 Å². The first-order valence-electron chi connectivity index (χ1n) is 5.47. The minimum absolute atomic E-state index is 0.0225. The van der Waals surface area contributed by atoms with Crippen LogP contribution in [0.3, 0.4) is 0 Å². The standard InChI is InChI=1S/C12H9ClN4O2S/c13-12-15-7-11(8-16-12)20(18,19)17-6-10-3-1-2-9(4-10)5-14/h1-4,7-8,17H,6H2. The molecule has 0 unspecified atom stereocenters. The number of nitrogens with one attached hydrogen (secondary N) is 1. The lowest BCUT2D eigenvalue weighted by atomic mass is 10.1. The molecule has 0 fully saturated rings. The van der Waals surface area contributed by atoms with E-state index in [0.29, 0.717) is 11.1 Å². The molecular weight excluding hydrogens is 300 g/mol. The molecule has 0 amide bonds. The van der Waals surface area contributed by atoms with Crippen LogP contribution < -0.4 is 4.72 Å². The monoisotopic (exact) mass is 308 g/mol. The zero-order valence-corrected chi connectivity index (χ0v) is 11.7. The summed E-state index contributed by atoms with van der Waals surface area (Å²) in [5, 5.41) is 8.75. The number of hydrogen-bond acceptors (Lipinski definition) is 5. The maximum Gasteiger partial charge on any atom is 0.243 e. The van der Waals surface area contributed by atoms with Gasteiger partial charge in [-0.3, -0.25) is 0 Å². The second-order valence-corrected chi connectivity index (χ2v) is 5.93. The molecule has 20 heavy (non-hydrogen) atoms. The van der Waals surface area contributed by atoms with E-state index in [1.807, 2.05) is 6.07 Å². The third-order valence-electron chi connectivity index (χ3n) is 2.43. The van der Waals surface area contributed by atoms with Crippen molar-refractivity contribution < 1.29 is 8.42 Å². The highest BCUT2D eigenvalue weighted by Gasteiger charge is 2.14. The molecule has 0 saturated heterocycles. The molecule has 102 valence electrons. The largest absolute Gasteiger partial charge is 0.243 e. The Morgan fingerprint density at radius 2 is 2.00 bits per heavy atom. The number of nitriles is 1. The third-order valence-corrected chi connectivity index (χ3v) is 3.98. The van der Waals surface area contributed by atoms with E-state index in [-0.39, 0.29) is 16.7 Å². The number of benzene rings is 1. The van der Waals surface area contributed by atoms with Gasteiger partial charge in [0, 0.05) is 6.54 Å². The van der Waals surface area contributed by atoms with Crippen LogP contribution in [0.1, 0.15) is 11.1 Å². The van der Waals surface area contributed by atoms with E-state index in [4.69, 9.17) is 16.9 Å². The van der Waals surface area contributed by atoms with Crippen molar-refractivity contribution in [3.8, 4) is 6.07 Å². The highest BCUT2D eigenvalue weighted by Crippen LogP contribution is 2.09. The maximum absolute atomic E-state index is 12.0. The quantitative estimate of drug-likeness (QED) is 0.863. The van der Waals surface area contributed by atoms with Crippen molar-refractivity contribution in [1.82, 2.24) is 14.7 Å². The van der Waals surface area contributed by atoms with Crippen molar-refractivity contribution in [2.24, 2.45) is 0 Å². The number of nitrogens with zero attached hydrogens (tertiary/aromatic N) is 3. The second-order valence-electron chi connectivity index (χ2n) is 3.82.